The Morgan fingerprint density at radius 1 is 1.44 bits per heavy atom. The summed E-state index contributed by atoms with van der Waals surface area (Å²) in [5, 5.41) is 3.51. The zero-order valence-corrected chi connectivity index (χ0v) is 11.2. The molecule has 1 aliphatic heterocycles. The summed E-state index contributed by atoms with van der Waals surface area (Å²) in [7, 11) is 1.58. The van der Waals surface area contributed by atoms with Crippen molar-refractivity contribution in [2.24, 2.45) is 5.92 Å². The van der Waals surface area contributed by atoms with E-state index in [4.69, 9.17) is 4.74 Å². The minimum atomic E-state index is -0.258. The first-order valence-electron chi connectivity index (χ1n) is 6.43. The lowest BCUT2D eigenvalue weighted by molar-refractivity contribution is 0.363. The summed E-state index contributed by atoms with van der Waals surface area (Å²) >= 11 is 0. The van der Waals surface area contributed by atoms with Crippen molar-refractivity contribution in [2.75, 3.05) is 31.6 Å². The molecule has 1 saturated heterocycles. The van der Waals surface area contributed by atoms with Crippen molar-refractivity contribution < 1.29 is 9.13 Å². The van der Waals surface area contributed by atoms with Crippen LogP contribution < -0.4 is 15.0 Å². The molecule has 3 nitrogen and oxygen atoms in total. The van der Waals surface area contributed by atoms with Gasteiger partial charge in [-0.25, -0.2) is 4.39 Å². The fourth-order valence-electron chi connectivity index (χ4n) is 2.36. The van der Waals surface area contributed by atoms with Crippen molar-refractivity contribution in [3.63, 3.8) is 0 Å². The lowest BCUT2D eigenvalue weighted by atomic mass is 10.0. The number of nitrogens with one attached hydrogen (secondary N) is 1. The van der Waals surface area contributed by atoms with Crippen LogP contribution in [0.3, 0.4) is 0 Å². The molecule has 1 atom stereocenters. The highest BCUT2D eigenvalue weighted by Gasteiger charge is 2.23. The molecule has 1 fully saturated rings. The largest absolute Gasteiger partial charge is 0.494 e. The van der Waals surface area contributed by atoms with Gasteiger partial charge in [0.2, 0.25) is 0 Å². The Hall–Kier alpha value is -1.29. The van der Waals surface area contributed by atoms with E-state index in [1.807, 2.05) is 0 Å². The minimum Gasteiger partial charge on any atom is -0.494 e. The number of ether oxygens (including phenoxy) is 1. The molecule has 0 spiro atoms. The van der Waals surface area contributed by atoms with E-state index >= 15 is 0 Å². The topological polar surface area (TPSA) is 24.5 Å². The normalized spacial score (nSPS) is 20.3. The van der Waals surface area contributed by atoms with Crippen LogP contribution in [0.5, 0.6) is 5.75 Å². The standard InChI is InChI=1S/C14H21FN2O/c1-10(2)12-9-17(7-6-16-12)13-5-4-11(15)8-14(13)18-3/h4-5,8,10,12,16H,6-7,9H2,1-3H3. The Morgan fingerprint density at radius 3 is 2.89 bits per heavy atom. The molecule has 1 N–H and O–H groups in total. The van der Waals surface area contributed by atoms with Crippen molar-refractivity contribution in [1.29, 1.82) is 0 Å². The average molecular weight is 252 g/mol. The maximum atomic E-state index is 13.2. The average Bonchev–Trinajstić information content (AvgIpc) is 2.38. The molecule has 1 aromatic rings. The first kappa shape index (κ1) is 13.1. The zero-order valence-electron chi connectivity index (χ0n) is 11.2. The molecule has 0 bridgehead atoms. The predicted molar refractivity (Wildman–Crippen MR) is 71.8 cm³/mol. The van der Waals surface area contributed by atoms with Gasteiger partial charge in [-0.15, -0.1) is 0 Å². The second-order valence-electron chi connectivity index (χ2n) is 5.07. The number of anilines is 1. The number of hydrogen-bond acceptors (Lipinski definition) is 3. The van der Waals surface area contributed by atoms with E-state index in [2.05, 4.69) is 24.1 Å². The number of halogens is 1. The van der Waals surface area contributed by atoms with Gasteiger partial charge in [0.25, 0.3) is 0 Å². The lowest BCUT2D eigenvalue weighted by Gasteiger charge is -2.37. The van der Waals surface area contributed by atoms with Crippen molar-refractivity contribution in [1.82, 2.24) is 5.32 Å². The molecule has 18 heavy (non-hydrogen) atoms. The summed E-state index contributed by atoms with van der Waals surface area (Å²) in [4.78, 5) is 2.26. The third-order valence-electron chi connectivity index (χ3n) is 3.49. The molecule has 1 aliphatic rings. The fourth-order valence-corrected chi connectivity index (χ4v) is 2.36. The summed E-state index contributed by atoms with van der Waals surface area (Å²) in [5.41, 5.74) is 0.978. The van der Waals surface area contributed by atoms with Crippen LogP contribution in [0.2, 0.25) is 0 Å². The smallest absolute Gasteiger partial charge is 0.145 e. The second kappa shape index (κ2) is 5.57. The first-order chi connectivity index (χ1) is 8.61. The number of methoxy groups -OCH3 is 1. The quantitative estimate of drug-likeness (QED) is 0.893. The van der Waals surface area contributed by atoms with Crippen LogP contribution in [0, 0.1) is 11.7 Å². The number of rotatable bonds is 3. The highest BCUT2D eigenvalue weighted by atomic mass is 19.1. The van der Waals surface area contributed by atoms with Gasteiger partial charge in [0, 0.05) is 31.7 Å². The van der Waals surface area contributed by atoms with E-state index in [1.54, 1.807) is 13.2 Å². The summed E-state index contributed by atoms with van der Waals surface area (Å²) < 4.78 is 18.5. The molecule has 0 amide bonds. The van der Waals surface area contributed by atoms with Crippen LogP contribution in [0.1, 0.15) is 13.8 Å². The van der Waals surface area contributed by atoms with Crippen molar-refractivity contribution >= 4 is 5.69 Å². The van der Waals surface area contributed by atoms with Gasteiger partial charge in [0.1, 0.15) is 11.6 Å². The highest BCUT2D eigenvalue weighted by molar-refractivity contribution is 5.59. The van der Waals surface area contributed by atoms with Crippen LogP contribution in [0.15, 0.2) is 18.2 Å². The SMILES string of the molecule is COc1cc(F)ccc1N1CCNC(C(C)C)C1. The van der Waals surface area contributed by atoms with Gasteiger partial charge < -0.3 is 15.0 Å². The summed E-state index contributed by atoms with van der Waals surface area (Å²) in [5.74, 6) is 0.935. The van der Waals surface area contributed by atoms with Crippen molar-refractivity contribution in [3.8, 4) is 5.75 Å². The Kier molecular flexibility index (Phi) is 4.07. The molecule has 1 aromatic carbocycles. The predicted octanol–water partition coefficient (Wildman–Crippen LogP) is 2.27. The van der Waals surface area contributed by atoms with E-state index in [1.165, 1.54) is 12.1 Å². The molecule has 0 aromatic heterocycles. The molecule has 0 radical (unpaired) electrons. The molecule has 100 valence electrons. The molecular formula is C14H21FN2O. The van der Waals surface area contributed by atoms with Gasteiger partial charge in [-0.2, -0.15) is 0 Å². The van der Waals surface area contributed by atoms with Gasteiger partial charge in [0.05, 0.1) is 12.8 Å². The third-order valence-corrected chi connectivity index (χ3v) is 3.49. The summed E-state index contributed by atoms with van der Waals surface area (Å²) in [6.45, 7) is 7.22. The van der Waals surface area contributed by atoms with Crippen LogP contribution in [-0.2, 0) is 0 Å². The zero-order chi connectivity index (χ0) is 13.1. The van der Waals surface area contributed by atoms with E-state index in [9.17, 15) is 4.39 Å². The summed E-state index contributed by atoms with van der Waals surface area (Å²) in [6.07, 6.45) is 0. The first-order valence-corrected chi connectivity index (χ1v) is 6.43. The number of piperazine rings is 1. The van der Waals surface area contributed by atoms with Crippen molar-refractivity contribution in [3.05, 3.63) is 24.0 Å². The Labute approximate surface area is 108 Å². The van der Waals surface area contributed by atoms with Crippen LogP contribution >= 0.6 is 0 Å². The van der Waals surface area contributed by atoms with Crippen molar-refractivity contribution in [2.45, 2.75) is 19.9 Å². The molecule has 4 heteroatoms. The van der Waals surface area contributed by atoms with Crippen LogP contribution in [-0.4, -0.2) is 32.8 Å². The van der Waals surface area contributed by atoms with Gasteiger partial charge in [-0.05, 0) is 18.1 Å². The second-order valence-corrected chi connectivity index (χ2v) is 5.07. The number of nitrogens with zero attached hydrogens (tertiary/aromatic N) is 1. The fraction of sp³-hybridized carbons (Fsp3) is 0.571. The minimum absolute atomic E-state index is 0.258. The molecule has 0 saturated carbocycles. The van der Waals surface area contributed by atoms with Gasteiger partial charge >= 0.3 is 0 Å². The van der Waals surface area contributed by atoms with Crippen LogP contribution in [0.25, 0.3) is 0 Å². The van der Waals surface area contributed by atoms with Gasteiger partial charge in [-0.3, -0.25) is 0 Å². The van der Waals surface area contributed by atoms with E-state index in [0.717, 1.165) is 25.3 Å². The number of benzene rings is 1. The third kappa shape index (κ3) is 2.75. The highest BCUT2D eigenvalue weighted by Crippen LogP contribution is 2.30. The monoisotopic (exact) mass is 252 g/mol. The van der Waals surface area contributed by atoms with E-state index < -0.39 is 0 Å². The Morgan fingerprint density at radius 2 is 2.22 bits per heavy atom. The molecular weight excluding hydrogens is 231 g/mol. The Bertz CT molecular complexity index is 409. The summed E-state index contributed by atoms with van der Waals surface area (Å²) in [6, 6.07) is 5.21. The maximum Gasteiger partial charge on any atom is 0.145 e. The lowest BCUT2D eigenvalue weighted by Crippen LogP contribution is -2.53. The molecule has 0 aliphatic carbocycles. The van der Waals surface area contributed by atoms with Gasteiger partial charge in [-0.1, -0.05) is 13.8 Å². The van der Waals surface area contributed by atoms with E-state index in [-0.39, 0.29) is 5.82 Å². The number of hydrogen-bond donors (Lipinski definition) is 1. The van der Waals surface area contributed by atoms with E-state index in [0.29, 0.717) is 17.7 Å². The molecule has 2 rings (SSSR count). The van der Waals surface area contributed by atoms with Gasteiger partial charge in [0.15, 0.2) is 0 Å². The molecule has 1 unspecified atom stereocenters. The molecule has 1 heterocycles. The Balaban J connectivity index is 2.20. The maximum absolute atomic E-state index is 13.2. The van der Waals surface area contributed by atoms with Crippen LogP contribution in [0.4, 0.5) is 10.1 Å².